The number of hydrogen-bond donors (Lipinski definition) is 2. The summed E-state index contributed by atoms with van der Waals surface area (Å²) in [5, 5.41) is 7.27. The minimum absolute atomic E-state index is 0.532. The van der Waals surface area contributed by atoms with E-state index in [1.807, 2.05) is 0 Å². The fourth-order valence-electron chi connectivity index (χ4n) is 1.55. The summed E-state index contributed by atoms with van der Waals surface area (Å²) in [7, 11) is 1.65. The normalized spacial score (nSPS) is 10.3. The largest absolute Gasteiger partial charge is 0.383 e. The Labute approximate surface area is 127 Å². The minimum Gasteiger partial charge on any atom is -0.383 e. The van der Waals surface area contributed by atoms with Crippen molar-refractivity contribution in [1.82, 2.24) is 9.97 Å². The van der Waals surface area contributed by atoms with Gasteiger partial charge in [0.05, 0.1) is 22.3 Å². The molecule has 0 aliphatic rings. The molecule has 0 atom stereocenters. The topological polar surface area (TPSA) is 59.1 Å². The number of hydrogen-bond acceptors (Lipinski definition) is 5. The van der Waals surface area contributed by atoms with E-state index in [2.05, 4.69) is 20.6 Å². The first-order chi connectivity index (χ1) is 9.70. The van der Waals surface area contributed by atoms with Crippen molar-refractivity contribution in [3.8, 4) is 0 Å². The lowest BCUT2D eigenvalue weighted by Gasteiger charge is -2.10. The molecule has 1 heterocycles. The molecule has 0 aliphatic heterocycles. The van der Waals surface area contributed by atoms with E-state index in [0.29, 0.717) is 40.5 Å². The quantitative estimate of drug-likeness (QED) is 0.798. The predicted octanol–water partition coefficient (Wildman–Crippen LogP) is 3.59. The van der Waals surface area contributed by atoms with Crippen molar-refractivity contribution in [2.45, 2.75) is 0 Å². The van der Waals surface area contributed by atoms with Crippen LogP contribution in [0.15, 0.2) is 30.6 Å². The van der Waals surface area contributed by atoms with E-state index < -0.39 is 0 Å². The van der Waals surface area contributed by atoms with Gasteiger partial charge in [-0.1, -0.05) is 29.3 Å². The molecule has 0 saturated carbocycles. The highest BCUT2D eigenvalue weighted by Crippen LogP contribution is 2.32. The van der Waals surface area contributed by atoms with E-state index >= 15 is 0 Å². The average molecular weight is 313 g/mol. The number of benzene rings is 1. The molecule has 1 aromatic carbocycles. The molecule has 1 aromatic heterocycles. The Morgan fingerprint density at radius 2 is 1.85 bits per heavy atom. The predicted molar refractivity (Wildman–Crippen MR) is 82.1 cm³/mol. The van der Waals surface area contributed by atoms with Gasteiger partial charge in [0.15, 0.2) is 0 Å². The fraction of sp³-hybridized carbons (Fsp3) is 0.231. The van der Waals surface area contributed by atoms with Crippen LogP contribution in [0.5, 0.6) is 0 Å². The van der Waals surface area contributed by atoms with Gasteiger partial charge in [0.2, 0.25) is 0 Å². The summed E-state index contributed by atoms with van der Waals surface area (Å²) in [6.07, 6.45) is 1.46. The first-order valence-electron chi connectivity index (χ1n) is 5.96. The molecule has 0 saturated heterocycles. The molecule has 0 bridgehead atoms. The number of anilines is 3. The second kappa shape index (κ2) is 7.28. The lowest BCUT2D eigenvalue weighted by molar-refractivity contribution is 0.210. The van der Waals surface area contributed by atoms with Gasteiger partial charge in [0.1, 0.15) is 18.0 Å². The van der Waals surface area contributed by atoms with Gasteiger partial charge in [-0.05, 0) is 12.1 Å². The zero-order valence-electron chi connectivity index (χ0n) is 10.9. The number of aromatic nitrogens is 2. The summed E-state index contributed by atoms with van der Waals surface area (Å²) >= 11 is 12.2. The second-order valence-corrected chi connectivity index (χ2v) is 4.74. The second-order valence-electron chi connectivity index (χ2n) is 3.93. The summed E-state index contributed by atoms with van der Waals surface area (Å²) in [5.74, 6) is 1.30. The van der Waals surface area contributed by atoms with E-state index in [0.717, 1.165) is 0 Å². The van der Waals surface area contributed by atoms with Crippen molar-refractivity contribution in [3.63, 3.8) is 0 Å². The highest BCUT2D eigenvalue weighted by Gasteiger charge is 2.07. The molecule has 5 nitrogen and oxygen atoms in total. The van der Waals surface area contributed by atoms with Crippen LogP contribution in [-0.2, 0) is 4.74 Å². The standard InChI is InChI=1S/C13H14Cl2N4O/c1-20-6-5-16-11-7-12(18-8-17-11)19-13-9(14)3-2-4-10(13)15/h2-4,7-8H,5-6H2,1H3,(H2,16,17,18,19). The van der Waals surface area contributed by atoms with Gasteiger partial charge in [-0.2, -0.15) is 0 Å². The van der Waals surface area contributed by atoms with Crippen LogP contribution in [0.4, 0.5) is 17.3 Å². The third-order valence-electron chi connectivity index (χ3n) is 2.50. The number of ether oxygens (including phenoxy) is 1. The molecule has 0 fully saturated rings. The summed E-state index contributed by atoms with van der Waals surface area (Å²) < 4.78 is 4.96. The van der Waals surface area contributed by atoms with Gasteiger partial charge < -0.3 is 15.4 Å². The molecule has 0 radical (unpaired) electrons. The van der Waals surface area contributed by atoms with Gasteiger partial charge >= 0.3 is 0 Å². The third kappa shape index (κ3) is 3.96. The van der Waals surface area contributed by atoms with E-state index in [1.165, 1.54) is 6.33 Å². The number of halogens is 2. The van der Waals surface area contributed by atoms with Crippen LogP contribution in [0.25, 0.3) is 0 Å². The van der Waals surface area contributed by atoms with Crippen molar-refractivity contribution in [1.29, 1.82) is 0 Å². The number of para-hydroxylation sites is 1. The van der Waals surface area contributed by atoms with E-state index in [9.17, 15) is 0 Å². The molecule has 2 rings (SSSR count). The highest BCUT2D eigenvalue weighted by atomic mass is 35.5. The number of rotatable bonds is 6. The molecule has 0 unspecified atom stereocenters. The maximum absolute atomic E-state index is 6.10. The van der Waals surface area contributed by atoms with Gasteiger partial charge in [-0.15, -0.1) is 0 Å². The zero-order valence-corrected chi connectivity index (χ0v) is 12.4. The lowest BCUT2D eigenvalue weighted by atomic mass is 10.3. The first-order valence-corrected chi connectivity index (χ1v) is 6.72. The van der Waals surface area contributed by atoms with Crippen LogP contribution in [0.2, 0.25) is 10.0 Å². The van der Waals surface area contributed by atoms with E-state index in [1.54, 1.807) is 31.4 Å². The minimum atomic E-state index is 0.532. The van der Waals surface area contributed by atoms with Crippen molar-refractivity contribution in [2.75, 3.05) is 30.9 Å². The Kier molecular flexibility index (Phi) is 5.40. The number of nitrogens with one attached hydrogen (secondary N) is 2. The van der Waals surface area contributed by atoms with Crippen LogP contribution in [-0.4, -0.2) is 30.2 Å². The Balaban J connectivity index is 2.11. The van der Waals surface area contributed by atoms with Crippen molar-refractivity contribution in [3.05, 3.63) is 40.6 Å². The summed E-state index contributed by atoms with van der Waals surface area (Å²) in [4.78, 5) is 8.25. The average Bonchev–Trinajstić information content (AvgIpc) is 2.44. The molecule has 0 aliphatic carbocycles. The number of methoxy groups -OCH3 is 1. The lowest BCUT2D eigenvalue weighted by Crippen LogP contribution is -2.09. The van der Waals surface area contributed by atoms with Gasteiger partial charge in [-0.25, -0.2) is 9.97 Å². The zero-order chi connectivity index (χ0) is 14.4. The van der Waals surface area contributed by atoms with Crippen molar-refractivity contribution < 1.29 is 4.74 Å². The maximum Gasteiger partial charge on any atom is 0.135 e. The van der Waals surface area contributed by atoms with Gasteiger partial charge in [0, 0.05) is 19.7 Å². The molecule has 2 N–H and O–H groups in total. The SMILES string of the molecule is COCCNc1cc(Nc2c(Cl)cccc2Cl)ncn1. The third-order valence-corrected chi connectivity index (χ3v) is 3.13. The number of nitrogens with zero attached hydrogens (tertiary/aromatic N) is 2. The van der Waals surface area contributed by atoms with E-state index in [4.69, 9.17) is 27.9 Å². The smallest absolute Gasteiger partial charge is 0.135 e. The summed E-state index contributed by atoms with van der Waals surface area (Å²) in [6, 6.07) is 7.08. The molecule has 0 spiro atoms. The molecule has 20 heavy (non-hydrogen) atoms. The highest BCUT2D eigenvalue weighted by molar-refractivity contribution is 6.39. The van der Waals surface area contributed by atoms with Crippen LogP contribution in [0.3, 0.4) is 0 Å². The summed E-state index contributed by atoms with van der Waals surface area (Å²) in [6.45, 7) is 1.27. The maximum atomic E-state index is 6.10. The molecule has 106 valence electrons. The van der Waals surface area contributed by atoms with Crippen LogP contribution < -0.4 is 10.6 Å². The Bertz CT molecular complexity index is 560. The van der Waals surface area contributed by atoms with E-state index in [-0.39, 0.29) is 0 Å². The van der Waals surface area contributed by atoms with Crippen LogP contribution in [0, 0.1) is 0 Å². The van der Waals surface area contributed by atoms with Crippen molar-refractivity contribution >= 4 is 40.5 Å². The Morgan fingerprint density at radius 1 is 1.15 bits per heavy atom. The first kappa shape index (κ1) is 14.8. The molecular weight excluding hydrogens is 299 g/mol. The van der Waals surface area contributed by atoms with Gasteiger partial charge in [0.25, 0.3) is 0 Å². The Hall–Kier alpha value is -1.56. The molecule has 0 amide bonds. The summed E-state index contributed by atoms with van der Waals surface area (Å²) in [5.41, 5.74) is 0.623. The Morgan fingerprint density at radius 3 is 2.55 bits per heavy atom. The monoisotopic (exact) mass is 312 g/mol. The fourth-order valence-corrected chi connectivity index (χ4v) is 2.04. The van der Waals surface area contributed by atoms with Crippen molar-refractivity contribution in [2.24, 2.45) is 0 Å². The molecular formula is C13H14Cl2N4O. The molecule has 7 heteroatoms. The van der Waals surface area contributed by atoms with Crippen LogP contribution >= 0.6 is 23.2 Å². The van der Waals surface area contributed by atoms with Gasteiger partial charge in [-0.3, -0.25) is 0 Å². The van der Waals surface area contributed by atoms with Crippen LogP contribution in [0.1, 0.15) is 0 Å². The molecule has 2 aromatic rings.